The molecule has 7 heteroatoms. The third-order valence-electron chi connectivity index (χ3n) is 5.65. The van der Waals surface area contributed by atoms with E-state index in [4.69, 9.17) is 18.9 Å². The van der Waals surface area contributed by atoms with Crippen molar-refractivity contribution in [3.8, 4) is 5.75 Å². The van der Waals surface area contributed by atoms with Crippen molar-refractivity contribution < 1.29 is 23.7 Å². The predicted molar refractivity (Wildman–Crippen MR) is 120 cm³/mol. The number of ether oxygens (including phenoxy) is 4. The summed E-state index contributed by atoms with van der Waals surface area (Å²) < 4.78 is 22.2. The van der Waals surface area contributed by atoms with Gasteiger partial charge < -0.3 is 23.8 Å². The molecule has 1 amide bonds. The summed E-state index contributed by atoms with van der Waals surface area (Å²) >= 11 is 0. The molecule has 0 aromatic carbocycles. The molecule has 1 aliphatic rings. The number of hydrogen-bond donors (Lipinski definition) is 0. The van der Waals surface area contributed by atoms with Gasteiger partial charge in [-0.2, -0.15) is 0 Å². The van der Waals surface area contributed by atoms with Crippen LogP contribution >= 0.6 is 0 Å². The molecule has 0 N–H and O–H groups in total. The Labute approximate surface area is 187 Å². The van der Waals surface area contributed by atoms with Crippen molar-refractivity contribution in [2.24, 2.45) is 17.3 Å². The number of aromatic nitrogens is 1. The Morgan fingerprint density at radius 3 is 2.48 bits per heavy atom. The molecular weight excluding hydrogens is 396 g/mol. The number of rotatable bonds is 14. The average molecular weight is 437 g/mol. The first-order chi connectivity index (χ1) is 14.7. The molecule has 176 valence electrons. The molecule has 2 rings (SSSR count). The van der Waals surface area contributed by atoms with Crippen molar-refractivity contribution in [1.29, 1.82) is 0 Å². The van der Waals surface area contributed by atoms with Gasteiger partial charge in [-0.1, -0.05) is 27.7 Å². The SMILES string of the molecule is COCOCC1(Cc2cc(O[C@H](C)CC(C)C)ccn2)C(=O)N(COC)[C@H]1CC(C)C. The van der Waals surface area contributed by atoms with Crippen LogP contribution in [0.4, 0.5) is 0 Å². The first kappa shape index (κ1) is 25.6. The van der Waals surface area contributed by atoms with Crippen molar-refractivity contribution in [3.63, 3.8) is 0 Å². The van der Waals surface area contributed by atoms with Crippen LogP contribution in [0.5, 0.6) is 5.75 Å². The van der Waals surface area contributed by atoms with E-state index in [1.165, 1.54) is 0 Å². The first-order valence-corrected chi connectivity index (χ1v) is 11.2. The number of methoxy groups -OCH3 is 2. The third kappa shape index (κ3) is 6.64. The molecule has 1 fully saturated rings. The van der Waals surface area contributed by atoms with Gasteiger partial charge in [0, 0.05) is 38.6 Å². The molecule has 2 heterocycles. The van der Waals surface area contributed by atoms with Gasteiger partial charge in [0.2, 0.25) is 5.91 Å². The largest absolute Gasteiger partial charge is 0.491 e. The number of nitrogens with zero attached hydrogens (tertiary/aromatic N) is 2. The monoisotopic (exact) mass is 436 g/mol. The van der Waals surface area contributed by atoms with Gasteiger partial charge >= 0.3 is 0 Å². The second-order valence-electron chi connectivity index (χ2n) is 9.47. The quantitative estimate of drug-likeness (QED) is 0.250. The maximum Gasteiger partial charge on any atom is 0.235 e. The topological polar surface area (TPSA) is 70.1 Å². The Bertz CT molecular complexity index is 696. The number of carbonyl (C=O) groups is 1. The van der Waals surface area contributed by atoms with E-state index >= 15 is 0 Å². The summed E-state index contributed by atoms with van der Waals surface area (Å²) in [5.74, 6) is 1.82. The number of β-lactam (4-membered cyclic amide) rings is 1. The summed E-state index contributed by atoms with van der Waals surface area (Å²) in [5.41, 5.74) is 0.144. The summed E-state index contributed by atoms with van der Waals surface area (Å²) in [5, 5.41) is 0. The van der Waals surface area contributed by atoms with Gasteiger partial charge in [-0.15, -0.1) is 0 Å². The molecule has 3 atom stereocenters. The molecule has 0 saturated carbocycles. The fraction of sp³-hybridized carbons (Fsp3) is 0.750. The molecule has 1 saturated heterocycles. The zero-order valence-corrected chi connectivity index (χ0v) is 20.2. The average Bonchev–Trinajstić information content (AvgIpc) is 2.69. The van der Waals surface area contributed by atoms with E-state index in [1.807, 2.05) is 12.1 Å². The van der Waals surface area contributed by atoms with Crippen LogP contribution in [0.3, 0.4) is 0 Å². The van der Waals surface area contributed by atoms with Crippen molar-refractivity contribution in [2.45, 2.75) is 66.0 Å². The van der Waals surface area contributed by atoms with Gasteiger partial charge in [0.05, 0.1) is 24.2 Å². The predicted octanol–water partition coefficient (Wildman–Crippen LogP) is 3.91. The van der Waals surface area contributed by atoms with Crippen LogP contribution in [-0.4, -0.2) is 62.3 Å². The van der Waals surface area contributed by atoms with Crippen LogP contribution in [-0.2, 0) is 25.4 Å². The molecule has 0 bridgehead atoms. The van der Waals surface area contributed by atoms with E-state index in [-0.39, 0.29) is 38.2 Å². The normalized spacial score (nSPS) is 22.2. The lowest BCUT2D eigenvalue weighted by Crippen LogP contribution is -2.72. The summed E-state index contributed by atoms with van der Waals surface area (Å²) in [6, 6.07) is 3.84. The highest BCUT2D eigenvalue weighted by Gasteiger charge is 2.60. The molecule has 1 aliphatic heterocycles. The Morgan fingerprint density at radius 1 is 1.13 bits per heavy atom. The number of hydrogen-bond acceptors (Lipinski definition) is 6. The Morgan fingerprint density at radius 2 is 1.87 bits per heavy atom. The number of likely N-dealkylation sites (tertiary alicyclic amines) is 1. The summed E-state index contributed by atoms with van der Waals surface area (Å²) in [6.45, 7) is 11.5. The highest BCUT2D eigenvalue weighted by Crippen LogP contribution is 2.45. The second kappa shape index (κ2) is 11.8. The minimum absolute atomic E-state index is 0.0167. The maximum atomic E-state index is 13.3. The van der Waals surface area contributed by atoms with Gasteiger partial charge in [-0.25, -0.2) is 0 Å². The van der Waals surface area contributed by atoms with Crippen LogP contribution in [0.2, 0.25) is 0 Å². The highest BCUT2D eigenvalue weighted by molar-refractivity contribution is 5.90. The Hall–Kier alpha value is -1.70. The van der Waals surface area contributed by atoms with E-state index in [2.05, 4.69) is 39.6 Å². The lowest BCUT2D eigenvalue weighted by Gasteiger charge is -2.56. The van der Waals surface area contributed by atoms with Gasteiger partial charge in [-0.05, 0) is 37.7 Å². The second-order valence-corrected chi connectivity index (χ2v) is 9.47. The van der Waals surface area contributed by atoms with E-state index in [0.717, 1.165) is 24.3 Å². The zero-order chi connectivity index (χ0) is 23.0. The van der Waals surface area contributed by atoms with Crippen LogP contribution < -0.4 is 4.74 Å². The summed E-state index contributed by atoms with van der Waals surface area (Å²) in [4.78, 5) is 19.7. The van der Waals surface area contributed by atoms with Crippen molar-refractivity contribution in [3.05, 3.63) is 24.0 Å². The molecule has 1 unspecified atom stereocenters. The molecule has 1 aromatic heterocycles. The van der Waals surface area contributed by atoms with Crippen LogP contribution in [0.25, 0.3) is 0 Å². The fourth-order valence-corrected chi connectivity index (χ4v) is 4.49. The minimum atomic E-state index is -0.684. The van der Waals surface area contributed by atoms with E-state index in [0.29, 0.717) is 18.3 Å². The van der Waals surface area contributed by atoms with Crippen molar-refractivity contribution >= 4 is 5.91 Å². The van der Waals surface area contributed by atoms with Crippen molar-refractivity contribution in [2.75, 3.05) is 34.4 Å². The minimum Gasteiger partial charge on any atom is -0.491 e. The number of carbonyl (C=O) groups excluding carboxylic acids is 1. The molecule has 0 spiro atoms. The van der Waals surface area contributed by atoms with Crippen LogP contribution in [0.1, 0.15) is 53.2 Å². The smallest absolute Gasteiger partial charge is 0.235 e. The Kier molecular flexibility index (Phi) is 9.72. The summed E-state index contributed by atoms with van der Waals surface area (Å²) in [7, 11) is 3.20. The first-order valence-electron chi connectivity index (χ1n) is 11.2. The zero-order valence-electron chi connectivity index (χ0n) is 20.2. The molecule has 0 aliphatic carbocycles. The number of pyridine rings is 1. The summed E-state index contributed by atoms with van der Waals surface area (Å²) in [6.07, 6.45) is 4.21. The Balaban J connectivity index is 2.26. The van der Waals surface area contributed by atoms with Gasteiger partial charge in [0.15, 0.2) is 0 Å². The van der Waals surface area contributed by atoms with Crippen LogP contribution in [0.15, 0.2) is 18.3 Å². The van der Waals surface area contributed by atoms with E-state index in [1.54, 1.807) is 25.3 Å². The van der Waals surface area contributed by atoms with E-state index in [9.17, 15) is 4.79 Å². The molecule has 0 radical (unpaired) electrons. The van der Waals surface area contributed by atoms with E-state index < -0.39 is 5.41 Å². The number of amides is 1. The third-order valence-corrected chi connectivity index (χ3v) is 5.65. The lowest BCUT2D eigenvalue weighted by molar-refractivity contribution is -0.198. The lowest BCUT2D eigenvalue weighted by atomic mass is 9.65. The molecule has 1 aromatic rings. The van der Waals surface area contributed by atoms with Crippen LogP contribution in [0, 0.1) is 17.3 Å². The van der Waals surface area contributed by atoms with Crippen molar-refractivity contribution in [1.82, 2.24) is 9.88 Å². The molecule has 7 nitrogen and oxygen atoms in total. The fourth-order valence-electron chi connectivity index (χ4n) is 4.49. The molecule has 31 heavy (non-hydrogen) atoms. The highest BCUT2D eigenvalue weighted by atomic mass is 16.7. The van der Waals surface area contributed by atoms with Gasteiger partial charge in [0.25, 0.3) is 0 Å². The van der Waals surface area contributed by atoms with Gasteiger partial charge in [0.1, 0.15) is 19.3 Å². The van der Waals surface area contributed by atoms with Gasteiger partial charge in [-0.3, -0.25) is 9.78 Å². The maximum absolute atomic E-state index is 13.3. The standard InChI is InChI=1S/C24H40N2O5/c1-17(2)10-19(5)31-21-8-9-25-20(12-21)13-24(14-30-16-29-7)22(11-18(3)4)26(15-28-6)23(24)27/h8-9,12,17-19,22H,10-11,13-16H2,1-7H3/t19-,22+,24?/m1/s1. The molecular formula is C24H40N2O5.